The standard InChI is InChI=1S/C18H26N4O3S/c1-2-11-26(24,25)20-10-4-5-15(13-20)22-17-16(6-3-9-19-17)21(18(22)23)12-14-7-8-14/h3,6,9,14-15H,2,4-5,7-8,10-13H2,1H3/t15-/m0/s1. The largest absolute Gasteiger partial charge is 0.330 e. The minimum absolute atomic E-state index is 0.0506. The molecule has 142 valence electrons. The number of pyridine rings is 1. The fourth-order valence-corrected chi connectivity index (χ4v) is 5.52. The Hall–Kier alpha value is -1.67. The van der Waals surface area contributed by atoms with Crippen LogP contribution in [0.4, 0.5) is 0 Å². The quantitative estimate of drug-likeness (QED) is 0.770. The van der Waals surface area contributed by atoms with E-state index in [2.05, 4.69) is 4.98 Å². The molecule has 1 aliphatic heterocycles. The zero-order chi connectivity index (χ0) is 18.3. The molecule has 0 radical (unpaired) electrons. The number of sulfonamides is 1. The van der Waals surface area contributed by atoms with Gasteiger partial charge in [0.25, 0.3) is 0 Å². The van der Waals surface area contributed by atoms with Crippen molar-refractivity contribution in [3.8, 4) is 0 Å². The molecule has 1 saturated carbocycles. The maximum Gasteiger partial charge on any atom is 0.330 e. The summed E-state index contributed by atoms with van der Waals surface area (Å²) in [6, 6.07) is 3.64. The molecular weight excluding hydrogens is 352 g/mol. The summed E-state index contributed by atoms with van der Waals surface area (Å²) in [6.45, 7) is 3.51. The first-order valence-electron chi connectivity index (χ1n) is 9.55. The van der Waals surface area contributed by atoms with Crippen molar-refractivity contribution in [2.24, 2.45) is 5.92 Å². The minimum Gasteiger partial charge on any atom is -0.290 e. The Kier molecular flexibility index (Phi) is 4.64. The molecule has 0 spiro atoms. The summed E-state index contributed by atoms with van der Waals surface area (Å²) in [6.07, 6.45) is 6.22. The Morgan fingerprint density at radius 3 is 2.81 bits per heavy atom. The van der Waals surface area contributed by atoms with Crippen LogP contribution in [0.2, 0.25) is 0 Å². The Balaban J connectivity index is 1.72. The third-order valence-electron chi connectivity index (χ3n) is 5.44. The number of aromatic nitrogens is 3. The lowest BCUT2D eigenvalue weighted by Crippen LogP contribution is -2.43. The topological polar surface area (TPSA) is 77.2 Å². The predicted octanol–water partition coefficient (Wildman–Crippen LogP) is 1.98. The molecule has 0 amide bonds. The van der Waals surface area contributed by atoms with E-state index >= 15 is 0 Å². The molecule has 2 aromatic heterocycles. The summed E-state index contributed by atoms with van der Waals surface area (Å²) in [5.74, 6) is 0.746. The molecule has 1 saturated heterocycles. The maximum absolute atomic E-state index is 13.2. The highest BCUT2D eigenvalue weighted by molar-refractivity contribution is 7.89. The van der Waals surface area contributed by atoms with E-state index < -0.39 is 10.0 Å². The molecule has 0 aromatic carbocycles. The average Bonchev–Trinajstić information content (AvgIpc) is 3.40. The summed E-state index contributed by atoms with van der Waals surface area (Å²) >= 11 is 0. The molecule has 1 aliphatic carbocycles. The van der Waals surface area contributed by atoms with Crippen molar-refractivity contribution in [1.82, 2.24) is 18.4 Å². The molecule has 0 N–H and O–H groups in total. The summed E-state index contributed by atoms with van der Waals surface area (Å²) in [5.41, 5.74) is 1.49. The van der Waals surface area contributed by atoms with Crippen molar-refractivity contribution >= 4 is 21.2 Å². The van der Waals surface area contributed by atoms with Crippen LogP contribution in [0, 0.1) is 5.92 Å². The number of piperidine rings is 1. The van der Waals surface area contributed by atoms with Crippen LogP contribution in [-0.4, -0.2) is 45.7 Å². The van der Waals surface area contributed by atoms with Crippen molar-refractivity contribution < 1.29 is 8.42 Å². The predicted molar refractivity (Wildman–Crippen MR) is 101 cm³/mol. The highest BCUT2D eigenvalue weighted by atomic mass is 32.2. The number of hydrogen-bond acceptors (Lipinski definition) is 4. The van der Waals surface area contributed by atoms with Crippen LogP contribution in [0.3, 0.4) is 0 Å². The first-order chi connectivity index (χ1) is 12.5. The van der Waals surface area contributed by atoms with E-state index in [1.54, 1.807) is 15.1 Å². The zero-order valence-corrected chi connectivity index (χ0v) is 16.0. The van der Waals surface area contributed by atoms with Crippen molar-refractivity contribution in [2.45, 2.75) is 51.6 Å². The van der Waals surface area contributed by atoms with Crippen LogP contribution in [0.5, 0.6) is 0 Å². The Morgan fingerprint density at radius 1 is 1.27 bits per heavy atom. The molecule has 7 nitrogen and oxygen atoms in total. The van der Waals surface area contributed by atoms with E-state index in [0.29, 0.717) is 31.1 Å². The fraction of sp³-hybridized carbons (Fsp3) is 0.667. The Morgan fingerprint density at radius 2 is 2.08 bits per heavy atom. The maximum atomic E-state index is 13.2. The highest BCUT2D eigenvalue weighted by Crippen LogP contribution is 2.32. The van der Waals surface area contributed by atoms with Gasteiger partial charge in [0, 0.05) is 25.8 Å². The van der Waals surface area contributed by atoms with E-state index in [1.165, 1.54) is 12.8 Å². The van der Waals surface area contributed by atoms with Gasteiger partial charge in [-0.15, -0.1) is 0 Å². The molecule has 3 heterocycles. The number of rotatable bonds is 6. The summed E-state index contributed by atoms with van der Waals surface area (Å²) in [7, 11) is -3.25. The van der Waals surface area contributed by atoms with Gasteiger partial charge in [-0.3, -0.25) is 9.13 Å². The lowest BCUT2D eigenvalue weighted by molar-refractivity contribution is 0.265. The van der Waals surface area contributed by atoms with Crippen LogP contribution in [0.1, 0.15) is 45.1 Å². The van der Waals surface area contributed by atoms with E-state index in [9.17, 15) is 13.2 Å². The Bertz CT molecular complexity index is 958. The van der Waals surface area contributed by atoms with Gasteiger partial charge in [0.2, 0.25) is 10.0 Å². The number of fused-ring (bicyclic) bond motifs is 1. The number of nitrogens with zero attached hydrogens (tertiary/aromatic N) is 4. The van der Waals surface area contributed by atoms with E-state index in [1.807, 2.05) is 23.6 Å². The lowest BCUT2D eigenvalue weighted by atomic mass is 10.1. The van der Waals surface area contributed by atoms with Crippen LogP contribution >= 0.6 is 0 Å². The molecule has 2 fully saturated rings. The first-order valence-corrected chi connectivity index (χ1v) is 11.2. The molecule has 1 atom stereocenters. The Labute approximate surface area is 153 Å². The first kappa shape index (κ1) is 17.7. The van der Waals surface area contributed by atoms with Gasteiger partial charge in [-0.25, -0.2) is 18.2 Å². The van der Waals surface area contributed by atoms with Crippen LogP contribution in [0.25, 0.3) is 11.2 Å². The van der Waals surface area contributed by atoms with Gasteiger partial charge in [-0.2, -0.15) is 4.31 Å². The van der Waals surface area contributed by atoms with Gasteiger partial charge in [0.05, 0.1) is 17.3 Å². The molecule has 8 heteroatoms. The molecule has 2 aromatic rings. The van der Waals surface area contributed by atoms with Crippen molar-refractivity contribution in [3.05, 3.63) is 28.8 Å². The molecular formula is C18H26N4O3S. The zero-order valence-electron chi connectivity index (χ0n) is 15.2. The second-order valence-electron chi connectivity index (χ2n) is 7.52. The normalized spacial score (nSPS) is 22.1. The second-order valence-corrected chi connectivity index (χ2v) is 9.61. The van der Waals surface area contributed by atoms with Gasteiger partial charge in [-0.1, -0.05) is 6.92 Å². The lowest BCUT2D eigenvalue weighted by Gasteiger charge is -2.32. The smallest absolute Gasteiger partial charge is 0.290 e. The monoisotopic (exact) mass is 378 g/mol. The summed E-state index contributed by atoms with van der Waals surface area (Å²) in [5, 5.41) is 0. The molecule has 0 unspecified atom stereocenters. The average molecular weight is 378 g/mol. The highest BCUT2D eigenvalue weighted by Gasteiger charge is 2.32. The van der Waals surface area contributed by atoms with E-state index in [4.69, 9.17) is 0 Å². The van der Waals surface area contributed by atoms with Crippen molar-refractivity contribution in [2.75, 3.05) is 18.8 Å². The summed E-state index contributed by atoms with van der Waals surface area (Å²) in [4.78, 5) is 17.6. The van der Waals surface area contributed by atoms with Crippen LogP contribution in [0.15, 0.2) is 23.1 Å². The van der Waals surface area contributed by atoms with Crippen molar-refractivity contribution in [3.63, 3.8) is 0 Å². The summed E-state index contributed by atoms with van der Waals surface area (Å²) < 4.78 is 30.1. The van der Waals surface area contributed by atoms with Gasteiger partial charge in [-0.05, 0) is 50.2 Å². The second kappa shape index (κ2) is 6.81. The SMILES string of the molecule is CCCS(=O)(=O)N1CCC[C@H](n2c(=O)n(CC3CC3)c3cccnc32)C1. The fourth-order valence-electron chi connectivity index (χ4n) is 3.94. The molecule has 26 heavy (non-hydrogen) atoms. The van der Waals surface area contributed by atoms with Gasteiger partial charge < -0.3 is 0 Å². The molecule has 4 rings (SSSR count). The van der Waals surface area contributed by atoms with Crippen LogP contribution in [-0.2, 0) is 16.6 Å². The number of imidazole rings is 1. The van der Waals surface area contributed by atoms with Gasteiger partial charge in [0.15, 0.2) is 5.65 Å². The van der Waals surface area contributed by atoms with Crippen LogP contribution < -0.4 is 5.69 Å². The third kappa shape index (κ3) is 3.20. The third-order valence-corrected chi connectivity index (χ3v) is 7.48. The molecule has 2 aliphatic rings. The van der Waals surface area contributed by atoms with E-state index in [-0.39, 0.29) is 17.5 Å². The minimum atomic E-state index is -3.25. The van der Waals surface area contributed by atoms with Gasteiger partial charge >= 0.3 is 5.69 Å². The van der Waals surface area contributed by atoms with E-state index in [0.717, 1.165) is 24.9 Å². The van der Waals surface area contributed by atoms with Crippen molar-refractivity contribution in [1.29, 1.82) is 0 Å². The molecule has 0 bridgehead atoms. The van der Waals surface area contributed by atoms with Gasteiger partial charge in [0.1, 0.15) is 0 Å². The number of hydrogen-bond donors (Lipinski definition) is 0.